The van der Waals surface area contributed by atoms with Crippen LogP contribution in [-0.4, -0.2) is 30.1 Å². The van der Waals surface area contributed by atoms with Gasteiger partial charge in [0.25, 0.3) is 0 Å². The molecule has 34 heavy (non-hydrogen) atoms. The molecule has 3 aromatic rings. The van der Waals surface area contributed by atoms with Gasteiger partial charge in [0.05, 0.1) is 11.1 Å². The number of nitrogens with zero attached hydrogens (tertiary/aromatic N) is 1. The van der Waals surface area contributed by atoms with E-state index in [2.05, 4.69) is 33.6 Å². The Morgan fingerprint density at radius 3 is 2.65 bits per heavy atom. The SMILES string of the molecule is O=C(O)c1ccc2c(c1)C1(OC2=O)c2ccc(I)cc2Oc2c1cc1c3c2CCCN3CCC1. The van der Waals surface area contributed by atoms with Crippen molar-refractivity contribution >= 4 is 40.2 Å². The number of carbonyl (C=O) groups is 2. The number of hydrogen-bond donors (Lipinski definition) is 1. The van der Waals surface area contributed by atoms with Gasteiger partial charge >= 0.3 is 11.9 Å². The highest BCUT2D eigenvalue weighted by molar-refractivity contribution is 14.1. The largest absolute Gasteiger partial charge is 0.478 e. The lowest BCUT2D eigenvalue weighted by Gasteiger charge is -2.42. The fourth-order valence-electron chi connectivity index (χ4n) is 6.13. The number of rotatable bonds is 1. The molecule has 4 aliphatic rings. The van der Waals surface area contributed by atoms with Gasteiger partial charge in [0.15, 0.2) is 5.60 Å². The summed E-state index contributed by atoms with van der Waals surface area (Å²) in [6.07, 6.45) is 3.97. The molecule has 1 N–H and O–H groups in total. The smallest absolute Gasteiger partial charge is 0.340 e. The van der Waals surface area contributed by atoms with Gasteiger partial charge in [0.1, 0.15) is 11.5 Å². The summed E-state index contributed by atoms with van der Waals surface area (Å²) < 4.78 is 13.9. The molecule has 0 radical (unpaired) electrons. The van der Waals surface area contributed by atoms with E-state index in [0.29, 0.717) is 16.9 Å². The molecule has 0 saturated carbocycles. The number of benzene rings is 3. The summed E-state index contributed by atoms with van der Waals surface area (Å²) in [5, 5.41) is 9.72. The van der Waals surface area contributed by atoms with Crippen LogP contribution in [0, 0.1) is 3.57 Å². The van der Waals surface area contributed by atoms with Crippen molar-refractivity contribution in [2.24, 2.45) is 0 Å². The first-order valence-electron chi connectivity index (χ1n) is 11.5. The van der Waals surface area contributed by atoms with Crippen LogP contribution in [0.5, 0.6) is 11.5 Å². The van der Waals surface area contributed by atoms with Crippen LogP contribution >= 0.6 is 22.6 Å². The third kappa shape index (κ3) is 2.56. The number of esters is 1. The Hall–Kier alpha value is -3.07. The van der Waals surface area contributed by atoms with Gasteiger partial charge in [-0.25, -0.2) is 9.59 Å². The number of anilines is 1. The van der Waals surface area contributed by atoms with Gasteiger partial charge in [-0.05, 0) is 96.3 Å². The van der Waals surface area contributed by atoms with Crippen molar-refractivity contribution in [2.75, 3.05) is 18.0 Å². The molecular formula is C27H20INO5. The van der Waals surface area contributed by atoms with Crippen molar-refractivity contribution in [1.29, 1.82) is 0 Å². The quantitative estimate of drug-likeness (QED) is 0.321. The Morgan fingerprint density at radius 2 is 1.82 bits per heavy atom. The van der Waals surface area contributed by atoms with E-state index in [9.17, 15) is 14.7 Å². The minimum atomic E-state index is -1.24. The first-order valence-corrected chi connectivity index (χ1v) is 12.6. The highest BCUT2D eigenvalue weighted by atomic mass is 127. The maximum Gasteiger partial charge on any atom is 0.340 e. The topological polar surface area (TPSA) is 76.1 Å². The highest BCUT2D eigenvalue weighted by Crippen LogP contribution is 2.59. The average molecular weight is 565 g/mol. The van der Waals surface area contributed by atoms with Crippen LogP contribution in [0.3, 0.4) is 0 Å². The summed E-state index contributed by atoms with van der Waals surface area (Å²) in [4.78, 5) is 27.5. The second kappa shape index (κ2) is 6.97. The third-order valence-corrected chi connectivity index (χ3v) is 8.17. The summed E-state index contributed by atoms with van der Waals surface area (Å²) in [5.41, 5.74) is 5.06. The molecule has 4 heterocycles. The lowest BCUT2D eigenvalue weighted by molar-refractivity contribution is 0.0223. The average Bonchev–Trinajstić information content (AvgIpc) is 3.12. The zero-order valence-electron chi connectivity index (χ0n) is 18.2. The van der Waals surface area contributed by atoms with Crippen LogP contribution in [0.2, 0.25) is 0 Å². The van der Waals surface area contributed by atoms with Gasteiger partial charge in [0.2, 0.25) is 0 Å². The molecule has 3 aromatic carbocycles. The number of ether oxygens (including phenoxy) is 2. The van der Waals surface area contributed by atoms with Gasteiger partial charge < -0.3 is 19.5 Å². The summed E-state index contributed by atoms with van der Waals surface area (Å²) in [5.74, 6) is -0.0907. The predicted molar refractivity (Wildman–Crippen MR) is 133 cm³/mol. The number of carbonyl (C=O) groups excluding carboxylic acids is 1. The zero-order valence-corrected chi connectivity index (χ0v) is 20.3. The Labute approximate surface area is 209 Å². The van der Waals surface area contributed by atoms with E-state index in [0.717, 1.165) is 59.2 Å². The first kappa shape index (κ1) is 20.3. The van der Waals surface area contributed by atoms with Gasteiger partial charge in [-0.2, -0.15) is 0 Å². The Bertz CT molecular complexity index is 1450. The number of halogens is 1. The molecule has 6 nitrogen and oxygen atoms in total. The van der Waals surface area contributed by atoms with E-state index in [-0.39, 0.29) is 5.56 Å². The van der Waals surface area contributed by atoms with Gasteiger partial charge in [-0.1, -0.05) is 0 Å². The Balaban J connectivity index is 1.60. The molecule has 1 spiro atoms. The van der Waals surface area contributed by atoms with Gasteiger partial charge in [-0.15, -0.1) is 0 Å². The first-order chi connectivity index (χ1) is 16.5. The molecule has 0 amide bonds. The molecule has 4 aliphatic heterocycles. The van der Waals surface area contributed by atoms with Crippen molar-refractivity contribution in [3.8, 4) is 11.5 Å². The van der Waals surface area contributed by atoms with Crippen LogP contribution in [0.1, 0.15) is 61.4 Å². The lowest BCUT2D eigenvalue weighted by atomic mass is 9.74. The van der Waals surface area contributed by atoms with E-state index < -0.39 is 17.5 Å². The minimum absolute atomic E-state index is 0.127. The van der Waals surface area contributed by atoms with Crippen molar-refractivity contribution in [1.82, 2.24) is 0 Å². The van der Waals surface area contributed by atoms with Crippen molar-refractivity contribution in [2.45, 2.75) is 31.3 Å². The summed E-state index contributed by atoms with van der Waals surface area (Å²) in [7, 11) is 0. The van der Waals surface area contributed by atoms with E-state index in [4.69, 9.17) is 9.47 Å². The molecule has 0 aromatic heterocycles. The molecule has 7 heteroatoms. The highest BCUT2D eigenvalue weighted by Gasteiger charge is 2.55. The molecule has 1 unspecified atom stereocenters. The monoisotopic (exact) mass is 565 g/mol. The standard InChI is InChI=1S/C27H20INO5/c28-16-6-8-19-22(13-16)33-24-18-4-2-10-29-9-1-3-14(23(18)29)11-21(24)27(19)20-12-15(25(30)31)5-7-17(20)26(32)34-27/h5-8,11-13H,1-4,9-10H2,(H,30,31). The number of aromatic carboxylic acids is 1. The van der Waals surface area contributed by atoms with Crippen LogP contribution < -0.4 is 9.64 Å². The van der Waals surface area contributed by atoms with E-state index in [1.807, 2.05) is 18.2 Å². The fourth-order valence-corrected chi connectivity index (χ4v) is 6.59. The number of carboxylic acid groups (broad SMARTS) is 1. The Morgan fingerprint density at radius 1 is 1.00 bits per heavy atom. The van der Waals surface area contributed by atoms with Crippen molar-refractivity contribution in [3.05, 3.63) is 85.0 Å². The number of carboxylic acids is 1. The number of fused-ring (bicyclic) bond motifs is 7. The van der Waals surface area contributed by atoms with E-state index in [1.54, 1.807) is 12.1 Å². The van der Waals surface area contributed by atoms with Crippen LogP contribution in [-0.2, 0) is 23.2 Å². The van der Waals surface area contributed by atoms with Crippen LogP contribution in [0.4, 0.5) is 5.69 Å². The minimum Gasteiger partial charge on any atom is -0.478 e. The summed E-state index contributed by atoms with van der Waals surface area (Å²) in [6.45, 7) is 2.08. The van der Waals surface area contributed by atoms with Crippen molar-refractivity contribution in [3.63, 3.8) is 0 Å². The lowest BCUT2D eigenvalue weighted by Crippen LogP contribution is -2.38. The van der Waals surface area contributed by atoms with E-state index in [1.165, 1.54) is 22.9 Å². The van der Waals surface area contributed by atoms with E-state index >= 15 is 0 Å². The Kier molecular flexibility index (Phi) is 4.17. The van der Waals surface area contributed by atoms with Gasteiger partial charge in [0, 0.05) is 44.6 Å². The summed E-state index contributed by atoms with van der Waals surface area (Å²) >= 11 is 2.25. The maximum absolute atomic E-state index is 13.2. The predicted octanol–water partition coefficient (Wildman–Crippen LogP) is 5.26. The molecular weight excluding hydrogens is 545 g/mol. The molecule has 0 saturated heterocycles. The molecule has 0 fully saturated rings. The summed E-state index contributed by atoms with van der Waals surface area (Å²) in [6, 6.07) is 12.6. The van der Waals surface area contributed by atoms with Crippen LogP contribution in [0.25, 0.3) is 0 Å². The third-order valence-electron chi connectivity index (χ3n) is 7.50. The molecule has 0 bridgehead atoms. The maximum atomic E-state index is 13.2. The second-order valence-corrected chi connectivity index (χ2v) is 10.6. The van der Waals surface area contributed by atoms with Crippen LogP contribution in [0.15, 0.2) is 42.5 Å². The normalized spacial score (nSPS) is 21.2. The molecule has 1 atom stereocenters. The second-order valence-electron chi connectivity index (χ2n) is 9.31. The molecule has 170 valence electrons. The molecule has 0 aliphatic carbocycles. The zero-order chi connectivity index (χ0) is 23.2. The van der Waals surface area contributed by atoms with Gasteiger partial charge in [-0.3, -0.25) is 0 Å². The van der Waals surface area contributed by atoms with Crippen molar-refractivity contribution < 1.29 is 24.2 Å². The fraction of sp³-hybridized carbons (Fsp3) is 0.259. The molecule has 7 rings (SSSR count). The number of hydrogen-bond acceptors (Lipinski definition) is 5. The number of aryl methyl sites for hydroxylation is 1.